The van der Waals surface area contributed by atoms with E-state index in [2.05, 4.69) is 25.6 Å². The lowest BCUT2D eigenvalue weighted by molar-refractivity contribution is 0.251. The van der Waals surface area contributed by atoms with E-state index in [1.54, 1.807) is 42.4 Å². The molecule has 0 saturated heterocycles. The van der Waals surface area contributed by atoms with Crippen molar-refractivity contribution in [2.24, 2.45) is 0 Å². The first-order valence-corrected chi connectivity index (χ1v) is 10.1. The molecule has 0 unspecified atom stereocenters. The summed E-state index contributed by atoms with van der Waals surface area (Å²) in [7, 11) is 1.71. The third-order valence-electron chi connectivity index (χ3n) is 4.23. The Bertz CT molecular complexity index is 1200. The van der Waals surface area contributed by atoms with E-state index in [1.807, 2.05) is 18.2 Å². The number of nitrogens with zero attached hydrogens (tertiary/aromatic N) is 4. The Morgan fingerprint density at radius 2 is 2.07 bits per heavy atom. The zero-order valence-corrected chi connectivity index (χ0v) is 17.3. The number of thiazole rings is 1. The predicted octanol–water partition coefficient (Wildman–Crippen LogP) is 4.97. The lowest BCUT2D eigenvalue weighted by atomic mass is 10.2. The minimum atomic E-state index is -0.442. The van der Waals surface area contributed by atoms with Gasteiger partial charge in [-0.3, -0.25) is 10.3 Å². The van der Waals surface area contributed by atoms with Crippen LogP contribution in [0, 0.1) is 5.82 Å². The summed E-state index contributed by atoms with van der Waals surface area (Å²) in [5, 5.41) is 6.16. The Morgan fingerprint density at radius 3 is 2.83 bits per heavy atom. The highest BCUT2D eigenvalue weighted by Gasteiger charge is 2.14. The van der Waals surface area contributed by atoms with E-state index >= 15 is 0 Å². The Balaban J connectivity index is 1.47. The number of anilines is 3. The summed E-state index contributed by atoms with van der Waals surface area (Å²) in [4.78, 5) is 27.4. The SMILES string of the molecule is CN(c1ccc2nc(NC(=O)NCc3ccccn3)sc2n1)c1ccc(Cl)cc1F. The average Bonchev–Trinajstić information content (AvgIpc) is 3.14. The fraction of sp³-hybridized carbons (Fsp3) is 0.100. The largest absolute Gasteiger partial charge is 0.332 e. The van der Waals surface area contributed by atoms with Crippen LogP contribution >= 0.6 is 22.9 Å². The number of fused-ring (bicyclic) bond motifs is 1. The maximum atomic E-state index is 14.2. The van der Waals surface area contributed by atoms with Gasteiger partial charge in [-0.25, -0.2) is 19.2 Å². The molecule has 7 nitrogen and oxygen atoms in total. The second kappa shape index (κ2) is 8.60. The third kappa shape index (κ3) is 4.47. The summed E-state index contributed by atoms with van der Waals surface area (Å²) in [6.07, 6.45) is 1.67. The van der Waals surface area contributed by atoms with Crippen molar-refractivity contribution in [3.05, 3.63) is 71.3 Å². The Kier molecular flexibility index (Phi) is 5.73. The number of hydrogen-bond donors (Lipinski definition) is 2. The molecule has 3 heterocycles. The summed E-state index contributed by atoms with van der Waals surface area (Å²) < 4.78 is 14.2. The topological polar surface area (TPSA) is 83.0 Å². The molecule has 0 fully saturated rings. The minimum Gasteiger partial charge on any atom is -0.332 e. The number of carbonyl (C=O) groups is 1. The van der Waals surface area contributed by atoms with E-state index < -0.39 is 5.82 Å². The number of amides is 2. The van der Waals surface area contributed by atoms with E-state index in [0.29, 0.717) is 38.6 Å². The molecule has 4 aromatic rings. The van der Waals surface area contributed by atoms with Gasteiger partial charge < -0.3 is 10.2 Å². The predicted molar refractivity (Wildman–Crippen MR) is 117 cm³/mol. The summed E-state index contributed by atoms with van der Waals surface area (Å²) >= 11 is 7.05. The van der Waals surface area contributed by atoms with Gasteiger partial charge in [0.25, 0.3) is 0 Å². The van der Waals surface area contributed by atoms with Gasteiger partial charge in [0, 0.05) is 18.3 Å². The molecule has 3 aromatic heterocycles. The van der Waals surface area contributed by atoms with Crippen molar-refractivity contribution < 1.29 is 9.18 Å². The molecule has 0 aliphatic rings. The molecule has 0 atom stereocenters. The highest BCUT2D eigenvalue weighted by molar-refractivity contribution is 7.22. The zero-order valence-electron chi connectivity index (χ0n) is 15.8. The van der Waals surface area contributed by atoms with Gasteiger partial charge in [-0.1, -0.05) is 29.0 Å². The second-order valence-corrected chi connectivity index (χ2v) is 7.71. The van der Waals surface area contributed by atoms with E-state index in [9.17, 15) is 9.18 Å². The quantitative estimate of drug-likeness (QED) is 0.456. The van der Waals surface area contributed by atoms with Crippen LogP contribution in [0.1, 0.15) is 5.69 Å². The molecule has 0 aliphatic heterocycles. The molecule has 0 aliphatic carbocycles. The first-order chi connectivity index (χ1) is 14.5. The Morgan fingerprint density at radius 1 is 1.20 bits per heavy atom. The molecule has 0 radical (unpaired) electrons. The van der Waals surface area contributed by atoms with E-state index in [1.165, 1.54) is 17.4 Å². The van der Waals surface area contributed by atoms with Crippen LogP contribution in [0.3, 0.4) is 0 Å². The highest BCUT2D eigenvalue weighted by Crippen LogP contribution is 2.30. The lowest BCUT2D eigenvalue weighted by Crippen LogP contribution is -2.28. The highest BCUT2D eigenvalue weighted by atomic mass is 35.5. The first kappa shape index (κ1) is 20.0. The van der Waals surface area contributed by atoms with Crippen LogP contribution in [-0.4, -0.2) is 28.0 Å². The van der Waals surface area contributed by atoms with Gasteiger partial charge in [-0.2, -0.15) is 0 Å². The standard InChI is InChI=1S/C20H16ClFN6OS/c1-28(16-7-5-12(21)10-14(16)22)17-8-6-15-18(26-17)30-20(25-15)27-19(29)24-11-13-4-2-3-9-23-13/h2-10H,11H2,1H3,(H2,24,25,27,29). The molecule has 0 spiro atoms. The van der Waals surface area contributed by atoms with E-state index in [-0.39, 0.29) is 6.03 Å². The number of aromatic nitrogens is 3. The van der Waals surface area contributed by atoms with Gasteiger partial charge in [-0.15, -0.1) is 0 Å². The van der Waals surface area contributed by atoms with Gasteiger partial charge >= 0.3 is 6.03 Å². The molecule has 0 saturated carbocycles. The maximum absolute atomic E-state index is 14.2. The molecule has 10 heteroatoms. The van der Waals surface area contributed by atoms with E-state index in [4.69, 9.17) is 11.6 Å². The van der Waals surface area contributed by atoms with Crippen LogP contribution in [-0.2, 0) is 6.54 Å². The third-order valence-corrected chi connectivity index (χ3v) is 5.35. The smallest absolute Gasteiger partial charge is 0.321 e. The first-order valence-electron chi connectivity index (χ1n) is 8.91. The number of rotatable bonds is 5. The minimum absolute atomic E-state index is 0.303. The van der Waals surface area contributed by atoms with Gasteiger partial charge in [-0.05, 0) is 42.5 Å². The summed E-state index contributed by atoms with van der Waals surface area (Å²) in [5.41, 5.74) is 1.73. The van der Waals surface area contributed by atoms with Crippen molar-refractivity contribution in [1.29, 1.82) is 0 Å². The van der Waals surface area contributed by atoms with Crippen LogP contribution in [0.2, 0.25) is 5.02 Å². The number of pyridine rings is 2. The molecule has 2 N–H and O–H groups in total. The van der Waals surface area contributed by atoms with Gasteiger partial charge in [0.15, 0.2) is 5.13 Å². The number of halogens is 2. The monoisotopic (exact) mass is 442 g/mol. The lowest BCUT2D eigenvalue weighted by Gasteiger charge is -2.18. The Labute approximate surface area is 180 Å². The molecule has 2 amide bonds. The number of benzene rings is 1. The van der Waals surface area contributed by atoms with Crippen LogP contribution in [0.15, 0.2) is 54.7 Å². The average molecular weight is 443 g/mol. The van der Waals surface area contributed by atoms with E-state index in [0.717, 1.165) is 5.69 Å². The summed E-state index contributed by atoms with van der Waals surface area (Å²) in [5.74, 6) is 0.0988. The van der Waals surface area contributed by atoms with Crippen LogP contribution < -0.4 is 15.5 Å². The van der Waals surface area contributed by atoms with Gasteiger partial charge in [0.1, 0.15) is 22.0 Å². The van der Waals surface area contributed by atoms with Crippen LogP contribution in [0.25, 0.3) is 10.3 Å². The van der Waals surface area contributed by atoms with Crippen molar-refractivity contribution in [3.8, 4) is 0 Å². The molecule has 152 valence electrons. The van der Waals surface area contributed by atoms with Crippen molar-refractivity contribution in [1.82, 2.24) is 20.3 Å². The second-order valence-electron chi connectivity index (χ2n) is 6.30. The normalized spacial score (nSPS) is 10.8. The number of hydrogen-bond acceptors (Lipinski definition) is 6. The van der Waals surface area contributed by atoms with Gasteiger partial charge in [0.2, 0.25) is 0 Å². The van der Waals surface area contributed by atoms with Crippen molar-refractivity contribution in [2.75, 3.05) is 17.3 Å². The molecule has 1 aromatic carbocycles. The fourth-order valence-corrected chi connectivity index (χ4v) is 3.73. The molecule has 0 bridgehead atoms. The summed E-state index contributed by atoms with van der Waals surface area (Å²) in [6, 6.07) is 13.1. The maximum Gasteiger partial charge on any atom is 0.321 e. The van der Waals surface area contributed by atoms with Crippen molar-refractivity contribution >= 4 is 56.0 Å². The number of carbonyl (C=O) groups excluding carboxylic acids is 1. The Hall–Kier alpha value is -3.30. The van der Waals surface area contributed by atoms with Crippen LogP contribution in [0.5, 0.6) is 0 Å². The molecular formula is C20H16ClFN6OS. The molecule has 30 heavy (non-hydrogen) atoms. The molecular weight excluding hydrogens is 427 g/mol. The summed E-state index contributed by atoms with van der Waals surface area (Å²) in [6.45, 7) is 0.303. The number of urea groups is 1. The fourth-order valence-electron chi connectivity index (χ4n) is 2.74. The van der Waals surface area contributed by atoms with Gasteiger partial charge in [0.05, 0.1) is 17.9 Å². The zero-order chi connectivity index (χ0) is 21.1. The van der Waals surface area contributed by atoms with Crippen molar-refractivity contribution in [3.63, 3.8) is 0 Å². The van der Waals surface area contributed by atoms with Crippen molar-refractivity contribution in [2.45, 2.75) is 6.54 Å². The van der Waals surface area contributed by atoms with Crippen LogP contribution in [0.4, 0.5) is 25.8 Å². The number of nitrogens with one attached hydrogen (secondary N) is 2. The molecule has 4 rings (SSSR count).